The molecular formula is C8H11N5. The van der Waals surface area contributed by atoms with E-state index in [1.807, 2.05) is 13.1 Å². The molecule has 3 N–H and O–H groups in total. The van der Waals surface area contributed by atoms with Crippen LogP contribution in [0.3, 0.4) is 0 Å². The summed E-state index contributed by atoms with van der Waals surface area (Å²) in [6.45, 7) is 2.04. The van der Waals surface area contributed by atoms with Gasteiger partial charge in [-0.1, -0.05) is 0 Å². The first-order valence-electron chi connectivity index (χ1n) is 4.05. The minimum atomic E-state index is 0.163. The number of nitrogen functional groups attached to an aromatic ring is 1. The summed E-state index contributed by atoms with van der Waals surface area (Å²) in [5.41, 5.74) is 7.33. The predicted molar refractivity (Wildman–Crippen MR) is 49.0 cm³/mol. The highest BCUT2D eigenvalue weighted by molar-refractivity contribution is 5.31. The van der Waals surface area contributed by atoms with Gasteiger partial charge in [0.05, 0.1) is 24.1 Å². The molecular weight excluding hydrogens is 166 g/mol. The molecule has 0 amide bonds. The Morgan fingerprint density at radius 2 is 2.38 bits per heavy atom. The van der Waals surface area contributed by atoms with E-state index in [0.29, 0.717) is 5.69 Å². The van der Waals surface area contributed by atoms with Crippen LogP contribution in [0.2, 0.25) is 0 Å². The van der Waals surface area contributed by atoms with Crippen molar-refractivity contribution in [3.63, 3.8) is 0 Å². The molecule has 0 aliphatic heterocycles. The molecule has 0 radical (unpaired) electrons. The minimum Gasteiger partial charge on any atom is -0.396 e. The van der Waals surface area contributed by atoms with Crippen molar-refractivity contribution in [2.45, 2.75) is 13.0 Å². The average Bonchev–Trinajstić information content (AvgIpc) is 2.72. The number of rotatable bonds is 2. The zero-order valence-corrected chi connectivity index (χ0v) is 7.31. The summed E-state index contributed by atoms with van der Waals surface area (Å²) in [7, 11) is 0. The number of H-pyrrole nitrogens is 1. The van der Waals surface area contributed by atoms with Crippen LogP contribution in [0.5, 0.6) is 0 Å². The highest BCUT2D eigenvalue weighted by Crippen LogP contribution is 2.15. The first-order chi connectivity index (χ1) is 6.27. The number of aromatic nitrogens is 4. The summed E-state index contributed by atoms with van der Waals surface area (Å²) in [5.74, 6) is 0. The molecule has 0 aliphatic rings. The molecule has 2 heterocycles. The zero-order valence-electron chi connectivity index (χ0n) is 7.31. The van der Waals surface area contributed by atoms with Crippen LogP contribution < -0.4 is 5.73 Å². The number of nitrogens with two attached hydrogens (primary N) is 1. The van der Waals surface area contributed by atoms with Crippen LogP contribution in [-0.4, -0.2) is 20.0 Å². The van der Waals surface area contributed by atoms with Crippen molar-refractivity contribution in [2.24, 2.45) is 0 Å². The van der Waals surface area contributed by atoms with Crippen molar-refractivity contribution >= 4 is 5.69 Å². The summed E-state index contributed by atoms with van der Waals surface area (Å²) in [6, 6.07) is 0.163. The fraction of sp³-hybridized carbons (Fsp3) is 0.250. The van der Waals surface area contributed by atoms with Gasteiger partial charge in [0.1, 0.15) is 0 Å². The average molecular weight is 177 g/mol. The Bertz CT molecular complexity index is 375. The normalized spacial score (nSPS) is 13.0. The van der Waals surface area contributed by atoms with E-state index >= 15 is 0 Å². The highest BCUT2D eigenvalue weighted by atomic mass is 15.3. The second-order valence-corrected chi connectivity index (χ2v) is 2.96. The summed E-state index contributed by atoms with van der Waals surface area (Å²) in [4.78, 5) is 0. The molecule has 0 aliphatic carbocycles. The van der Waals surface area contributed by atoms with Gasteiger partial charge in [-0.2, -0.15) is 10.2 Å². The molecule has 68 valence electrons. The predicted octanol–water partition coefficient (Wildman–Crippen LogP) is 0.798. The fourth-order valence-corrected chi connectivity index (χ4v) is 1.21. The first kappa shape index (κ1) is 7.85. The van der Waals surface area contributed by atoms with E-state index in [0.717, 1.165) is 5.56 Å². The number of aromatic amines is 1. The zero-order chi connectivity index (χ0) is 9.26. The maximum Gasteiger partial charge on any atom is 0.0771 e. The topological polar surface area (TPSA) is 72.5 Å². The van der Waals surface area contributed by atoms with E-state index in [1.54, 1.807) is 23.3 Å². The highest BCUT2D eigenvalue weighted by Gasteiger charge is 2.08. The van der Waals surface area contributed by atoms with E-state index in [-0.39, 0.29) is 6.04 Å². The SMILES string of the molecule is CC(c1cn[nH]c1)n1cc(N)cn1. The Hall–Kier alpha value is -1.78. The smallest absolute Gasteiger partial charge is 0.0771 e. The van der Waals surface area contributed by atoms with Crippen LogP contribution >= 0.6 is 0 Å². The third kappa shape index (κ3) is 1.40. The number of nitrogens with one attached hydrogen (secondary N) is 1. The Labute approximate surface area is 75.6 Å². The molecule has 2 aromatic rings. The molecule has 5 heteroatoms. The monoisotopic (exact) mass is 177 g/mol. The van der Waals surface area contributed by atoms with Crippen molar-refractivity contribution in [2.75, 3.05) is 5.73 Å². The largest absolute Gasteiger partial charge is 0.396 e. The van der Waals surface area contributed by atoms with Crippen LogP contribution in [0.1, 0.15) is 18.5 Å². The number of hydrogen-bond acceptors (Lipinski definition) is 3. The van der Waals surface area contributed by atoms with Gasteiger partial charge in [0.15, 0.2) is 0 Å². The van der Waals surface area contributed by atoms with Crippen molar-refractivity contribution in [1.29, 1.82) is 0 Å². The lowest BCUT2D eigenvalue weighted by atomic mass is 10.2. The molecule has 0 fully saturated rings. The van der Waals surface area contributed by atoms with Crippen molar-refractivity contribution in [3.05, 3.63) is 30.4 Å². The number of nitrogens with zero attached hydrogens (tertiary/aromatic N) is 3. The standard InChI is InChI=1S/C8H11N5/c1-6(7-2-10-11-3-7)13-5-8(9)4-12-13/h2-6H,9H2,1H3,(H,10,11). The van der Waals surface area contributed by atoms with E-state index in [2.05, 4.69) is 15.3 Å². The third-order valence-electron chi connectivity index (χ3n) is 2.02. The number of anilines is 1. The third-order valence-corrected chi connectivity index (χ3v) is 2.02. The van der Waals surface area contributed by atoms with Gasteiger partial charge < -0.3 is 5.73 Å². The molecule has 5 nitrogen and oxygen atoms in total. The quantitative estimate of drug-likeness (QED) is 0.712. The Morgan fingerprint density at radius 1 is 1.54 bits per heavy atom. The molecule has 2 aromatic heterocycles. The van der Waals surface area contributed by atoms with Gasteiger partial charge >= 0.3 is 0 Å². The lowest BCUT2D eigenvalue weighted by Gasteiger charge is -2.08. The van der Waals surface area contributed by atoms with Crippen LogP contribution in [0.4, 0.5) is 5.69 Å². The molecule has 0 spiro atoms. The lowest BCUT2D eigenvalue weighted by molar-refractivity contribution is 0.565. The van der Waals surface area contributed by atoms with Crippen molar-refractivity contribution in [3.8, 4) is 0 Å². The van der Waals surface area contributed by atoms with E-state index < -0.39 is 0 Å². The van der Waals surface area contributed by atoms with Crippen molar-refractivity contribution in [1.82, 2.24) is 20.0 Å². The van der Waals surface area contributed by atoms with Gasteiger partial charge in [-0.25, -0.2) is 0 Å². The maximum absolute atomic E-state index is 5.56. The molecule has 2 rings (SSSR count). The first-order valence-corrected chi connectivity index (χ1v) is 4.05. The Morgan fingerprint density at radius 3 is 2.92 bits per heavy atom. The molecule has 0 saturated carbocycles. The van der Waals surface area contributed by atoms with Crippen molar-refractivity contribution < 1.29 is 0 Å². The van der Waals surface area contributed by atoms with Crippen LogP contribution in [0.25, 0.3) is 0 Å². The van der Waals surface area contributed by atoms with Crippen LogP contribution in [0.15, 0.2) is 24.8 Å². The molecule has 13 heavy (non-hydrogen) atoms. The van der Waals surface area contributed by atoms with Gasteiger partial charge in [0.25, 0.3) is 0 Å². The molecule has 1 unspecified atom stereocenters. The van der Waals surface area contributed by atoms with E-state index in [9.17, 15) is 0 Å². The summed E-state index contributed by atoms with van der Waals surface area (Å²) in [5, 5.41) is 10.8. The molecule has 1 atom stereocenters. The molecule has 0 bridgehead atoms. The molecule has 0 saturated heterocycles. The van der Waals surface area contributed by atoms with Gasteiger partial charge in [0.2, 0.25) is 0 Å². The van der Waals surface area contributed by atoms with Gasteiger partial charge in [-0.3, -0.25) is 9.78 Å². The van der Waals surface area contributed by atoms with Gasteiger partial charge in [-0.15, -0.1) is 0 Å². The van der Waals surface area contributed by atoms with Crippen LogP contribution in [0, 0.1) is 0 Å². The molecule has 0 aromatic carbocycles. The fourth-order valence-electron chi connectivity index (χ4n) is 1.21. The summed E-state index contributed by atoms with van der Waals surface area (Å²) in [6.07, 6.45) is 7.07. The maximum atomic E-state index is 5.56. The van der Waals surface area contributed by atoms with E-state index in [4.69, 9.17) is 5.73 Å². The lowest BCUT2D eigenvalue weighted by Crippen LogP contribution is -2.05. The van der Waals surface area contributed by atoms with E-state index in [1.165, 1.54) is 0 Å². The Balaban J connectivity index is 2.28. The number of hydrogen-bond donors (Lipinski definition) is 2. The van der Waals surface area contributed by atoms with Gasteiger partial charge in [-0.05, 0) is 6.92 Å². The second kappa shape index (κ2) is 2.93. The Kier molecular flexibility index (Phi) is 1.77. The summed E-state index contributed by atoms with van der Waals surface area (Å²) < 4.78 is 1.81. The second-order valence-electron chi connectivity index (χ2n) is 2.96. The van der Waals surface area contributed by atoms with Gasteiger partial charge in [0, 0.05) is 18.0 Å². The minimum absolute atomic E-state index is 0.163. The summed E-state index contributed by atoms with van der Waals surface area (Å²) >= 11 is 0. The van der Waals surface area contributed by atoms with Crippen LogP contribution in [-0.2, 0) is 0 Å².